The van der Waals surface area contributed by atoms with Crippen LogP contribution in [0, 0.1) is 0 Å². The molecule has 0 saturated heterocycles. The van der Waals surface area contributed by atoms with Crippen molar-refractivity contribution in [3.05, 3.63) is 63.3 Å². The van der Waals surface area contributed by atoms with E-state index in [0.29, 0.717) is 31.7 Å². The number of ether oxygens (including phenoxy) is 1. The van der Waals surface area contributed by atoms with Crippen LogP contribution in [0.15, 0.2) is 51.7 Å². The van der Waals surface area contributed by atoms with Crippen molar-refractivity contribution in [3.8, 4) is 16.9 Å². The van der Waals surface area contributed by atoms with Crippen molar-refractivity contribution in [2.24, 2.45) is 16.5 Å². The summed E-state index contributed by atoms with van der Waals surface area (Å²) in [5.41, 5.74) is 15.4. The number of carbonyl (C=O) groups excluding carboxylic acids is 1. The molecule has 0 saturated carbocycles. The second-order valence-corrected chi connectivity index (χ2v) is 12.3. The lowest BCUT2D eigenvalue weighted by Crippen LogP contribution is -2.40. The largest absolute Gasteiger partial charge is 0.492 e. The fraction of sp³-hybridized carbons (Fsp3) is 0.296. The fourth-order valence-electron chi connectivity index (χ4n) is 4.98. The van der Waals surface area contributed by atoms with Crippen LogP contribution in [0.1, 0.15) is 39.2 Å². The molecule has 0 aliphatic carbocycles. The standard InChI is InChI=1S/C27H30N6O6S2/c28-27(29)31-8-2-5-21(26(35)36)32-25(34)24-20(7-10-40-24)33-41(37,38)22-12-17(11-15-6-9-39-23(15)22)18-4-1-3-16-13-30-14-19(16)18/h1,3-4,7,10-12,21,30,33H,2,5-6,8-9,13-14H2,(H,32,34)(H,35,36)(H4,28,29,31)/t21-/m0/s1. The first-order valence-corrected chi connectivity index (χ1v) is 15.3. The van der Waals surface area contributed by atoms with Crippen LogP contribution in [0.5, 0.6) is 5.75 Å². The topological polar surface area (TPSA) is 198 Å². The van der Waals surface area contributed by atoms with E-state index in [4.69, 9.17) is 16.2 Å². The van der Waals surface area contributed by atoms with E-state index in [1.807, 2.05) is 18.2 Å². The predicted octanol–water partition coefficient (Wildman–Crippen LogP) is 1.99. The number of carboxylic acid groups (broad SMARTS) is 1. The number of hydrogen-bond acceptors (Lipinski definition) is 8. The highest BCUT2D eigenvalue weighted by Crippen LogP contribution is 2.40. The molecule has 216 valence electrons. The van der Waals surface area contributed by atoms with Gasteiger partial charge in [0.15, 0.2) is 5.96 Å². The SMILES string of the molecule is NC(N)=NCCC[C@H](NC(=O)c1sccc1NS(=O)(=O)c1cc(-c2cccc3c2CNC3)cc2c1OCC2)C(=O)O. The van der Waals surface area contributed by atoms with Gasteiger partial charge in [-0.15, -0.1) is 11.3 Å². The average Bonchev–Trinajstić information content (AvgIpc) is 3.69. The maximum atomic E-state index is 13.8. The van der Waals surface area contributed by atoms with Crippen LogP contribution in [0.25, 0.3) is 11.1 Å². The minimum atomic E-state index is -4.20. The number of carboxylic acids is 1. The second-order valence-electron chi connectivity index (χ2n) is 9.69. The van der Waals surface area contributed by atoms with Crippen LogP contribution in [-0.4, -0.2) is 50.6 Å². The van der Waals surface area contributed by atoms with Crippen LogP contribution in [-0.2, 0) is 34.3 Å². The fourth-order valence-corrected chi connectivity index (χ4v) is 7.08. The Kier molecular flexibility index (Phi) is 8.15. The summed E-state index contributed by atoms with van der Waals surface area (Å²) in [6.07, 6.45) is 0.977. The van der Waals surface area contributed by atoms with E-state index in [2.05, 4.69) is 26.4 Å². The number of hydrogen-bond donors (Lipinski definition) is 6. The van der Waals surface area contributed by atoms with Crippen LogP contribution in [0.4, 0.5) is 5.69 Å². The van der Waals surface area contributed by atoms with Gasteiger partial charge >= 0.3 is 5.97 Å². The molecule has 14 heteroatoms. The molecule has 2 aliphatic heterocycles. The minimum Gasteiger partial charge on any atom is -0.492 e. The lowest BCUT2D eigenvalue weighted by Gasteiger charge is -2.16. The Hall–Kier alpha value is -4.14. The molecule has 3 heterocycles. The van der Waals surface area contributed by atoms with Crippen LogP contribution in [0.3, 0.4) is 0 Å². The Balaban J connectivity index is 1.40. The van der Waals surface area contributed by atoms with Gasteiger partial charge in [-0.05, 0) is 64.2 Å². The molecule has 0 bridgehead atoms. The number of nitrogens with one attached hydrogen (secondary N) is 3. The molecule has 0 unspecified atom stereocenters. The van der Waals surface area contributed by atoms with Gasteiger partial charge < -0.3 is 31.9 Å². The van der Waals surface area contributed by atoms with Crippen molar-refractivity contribution in [2.75, 3.05) is 17.9 Å². The first kappa shape index (κ1) is 28.4. The van der Waals surface area contributed by atoms with E-state index in [1.54, 1.807) is 11.4 Å². The Morgan fingerprint density at radius 3 is 2.78 bits per heavy atom. The third-order valence-electron chi connectivity index (χ3n) is 6.90. The highest BCUT2D eigenvalue weighted by molar-refractivity contribution is 7.92. The smallest absolute Gasteiger partial charge is 0.326 e. The van der Waals surface area contributed by atoms with Crippen molar-refractivity contribution < 1.29 is 27.9 Å². The first-order valence-electron chi connectivity index (χ1n) is 12.9. The molecular weight excluding hydrogens is 568 g/mol. The number of sulfonamides is 1. The molecule has 0 fully saturated rings. The normalized spacial score (nSPS) is 14.4. The molecule has 12 nitrogen and oxygen atoms in total. The number of aliphatic imine (C=N–C) groups is 1. The molecule has 3 aromatic rings. The number of anilines is 1. The van der Waals surface area contributed by atoms with Gasteiger partial charge in [-0.2, -0.15) is 0 Å². The van der Waals surface area contributed by atoms with E-state index < -0.39 is 27.9 Å². The lowest BCUT2D eigenvalue weighted by molar-refractivity contribution is -0.139. The number of fused-ring (bicyclic) bond motifs is 2. The number of benzene rings is 2. The van der Waals surface area contributed by atoms with Gasteiger partial charge in [0.25, 0.3) is 15.9 Å². The summed E-state index contributed by atoms with van der Waals surface area (Å²) in [7, 11) is -4.20. The number of rotatable bonds is 11. The molecule has 8 N–H and O–H groups in total. The Morgan fingerprint density at radius 1 is 1.17 bits per heavy atom. The minimum absolute atomic E-state index is 0.0215. The number of nitrogens with zero attached hydrogens (tertiary/aromatic N) is 1. The van der Waals surface area contributed by atoms with Gasteiger partial charge in [0.05, 0.1) is 12.3 Å². The monoisotopic (exact) mass is 598 g/mol. The summed E-state index contributed by atoms with van der Waals surface area (Å²) in [5, 5.41) is 16.9. The first-order chi connectivity index (χ1) is 19.6. The lowest BCUT2D eigenvalue weighted by atomic mass is 9.95. The zero-order chi connectivity index (χ0) is 29.1. The predicted molar refractivity (Wildman–Crippen MR) is 156 cm³/mol. The van der Waals surface area contributed by atoms with Crippen molar-refractivity contribution >= 4 is 44.9 Å². The van der Waals surface area contributed by atoms with Crippen LogP contribution >= 0.6 is 11.3 Å². The zero-order valence-corrected chi connectivity index (χ0v) is 23.6. The number of thiophene rings is 1. The van der Waals surface area contributed by atoms with Crippen molar-refractivity contribution in [1.29, 1.82) is 0 Å². The molecule has 5 rings (SSSR count). The third-order valence-corrected chi connectivity index (χ3v) is 9.19. The summed E-state index contributed by atoms with van der Waals surface area (Å²) in [5.74, 6) is -1.76. The number of nitrogens with two attached hydrogens (primary N) is 2. The second kappa shape index (κ2) is 11.8. The molecule has 1 aromatic heterocycles. The van der Waals surface area contributed by atoms with Gasteiger partial charge in [-0.1, -0.05) is 18.2 Å². The highest BCUT2D eigenvalue weighted by Gasteiger charge is 2.30. The number of aliphatic carboxylic acids is 1. The van der Waals surface area contributed by atoms with E-state index in [1.165, 1.54) is 11.6 Å². The molecule has 0 radical (unpaired) electrons. The van der Waals surface area contributed by atoms with Crippen molar-refractivity contribution in [3.63, 3.8) is 0 Å². The Morgan fingerprint density at radius 2 is 2.00 bits per heavy atom. The molecule has 1 atom stereocenters. The van der Waals surface area contributed by atoms with E-state index in [0.717, 1.165) is 40.1 Å². The Bertz CT molecular complexity index is 1630. The van der Waals surface area contributed by atoms with Gasteiger partial charge in [0.1, 0.15) is 21.6 Å². The van der Waals surface area contributed by atoms with Crippen molar-refractivity contribution in [2.45, 2.75) is 43.3 Å². The summed E-state index contributed by atoms with van der Waals surface area (Å²) in [6.45, 7) is 2.02. The number of guanidine groups is 1. The van der Waals surface area contributed by atoms with Crippen LogP contribution in [0.2, 0.25) is 0 Å². The average molecular weight is 599 g/mol. The van der Waals surface area contributed by atoms with Gasteiger partial charge in [-0.3, -0.25) is 14.5 Å². The maximum absolute atomic E-state index is 13.8. The van der Waals surface area contributed by atoms with Crippen molar-refractivity contribution in [1.82, 2.24) is 10.6 Å². The molecule has 41 heavy (non-hydrogen) atoms. The van der Waals surface area contributed by atoms with E-state index in [9.17, 15) is 23.1 Å². The quantitative estimate of drug-likeness (QED) is 0.109. The maximum Gasteiger partial charge on any atom is 0.326 e. The summed E-state index contributed by atoms with van der Waals surface area (Å²) in [4.78, 5) is 28.6. The van der Waals surface area contributed by atoms with Gasteiger partial charge in [-0.25, -0.2) is 13.2 Å². The highest BCUT2D eigenvalue weighted by atomic mass is 32.2. The van der Waals surface area contributed by atoms with Gasteiger partial charge in [0, 0.05) is 26.1 Å². The summed E-state index contributed by atoms with van der Waals surface area (Å²) < 4.78 is 35.8. The van der Waals surface area contributed by atoms with E-state index in [-0.39, 0.29) is 34.4 Å². The third kappa shape index (κ3) is 6.14. The Labute approximate surface area is 240 Å². The molecule has 2 aromatic carbocycles. The molecular formula is C27H30N6O6S2. The van der Waals surface area contributed by atoms with Crippen LogP contribution < -0.4 is 31.6 Å². The zero-order valence-electron chi connectivity index (χ0n) is 22.0. The van der Waals surface area contributed by atoms with Gasteiger partial charge in [0.2, 0.25) is 0 Å². The van der Waals surface area contributed by atoms with E-state index >= 15 is 0 Å². The number of amides is 1. The number of carbonyl (C=O) groups is 2. The summed E-state index contributed by atoms with van der Waals surface area (Å²) in [6, 6.07) is 9.81. The molecule has 2 aliphatic rings. The summed E-state index contributed by atoms with van der Waals surface area (Å²) >= 11 is 0.993. The molecule has 0 spiro atoms. The molecule has 1 amide bonds.